The van der Waals surface area contributed by atoms with Gasteiger partial charge in [-0.05, 0) is 38.1 Å². The van der Waals surface area contributed by atoms with Crippen LogP contribution >= 0.6 is 0 Å². The van der Waals surface area contributed by atoms with Crippen molar-refractivity contribution in [3.63, 3.8) is 0 Å². The van der Waals surface area contributed by atoms with E-state index in [-0.39, 0.29) is 35.6 Å². The van der Waals surface area contributed by atoms with E-state index in [1.807, 2.05) is 48.5 Å². The third-order valence-electron chi connectivity index (χ3n) is 9.27. The molecule has 4 unspecified atom stereocenters. The second-order valence-corrected chi connectivity index (χ2v) is 12.2. The molecule has 4 aliphatic heterocycles. The Bertz CT molecular complexity index is 1410. The predicted octanol–water partition coefficient (Wildman–Crippen LogP) is 3.74. The average Bonchev–Trinajstić information content (AvgIpc) is 3.63. The van der Waals surface area contributed by atoms with E-state index in [1.54, 1.807) is 23.6 Å². The molecule has 0 aromatic heterocycles. The first-order valence-electron chi connectivity index (χ1n) is 15.2. The molecule has 0 N–H and O–H groups in total. The smallest absolute Gasteiger partial charge is 0.310 e. The number of nitrogens with zero attached hydrogens (tertiary/aromatic N) is 3. The molecule has 6 rings (SSSR count). The number of hydrogen-bond acceptors (Lipinski definition) is 7. The summed E-state index contributed by atoms with van der Waals surface area (Å²) < 4.78 is 11.5. The molecule has 2 fully saturated rings. The van der Waals surface area contributed by atoms with Crippen LogP contribution in [0.15, 0.2) is 48.5 Å². The molecule has 2 saturated heterocycles. The number of carbonyl (C=O) groups excluding carboxylic acids is 4. The number of benzene rings is 2. The lowest BCUT2D eigenvalue weighted by Gasteiger charge is -2.26. The van der Waals surface area contributed by atoms with Gasteiger partial charge in [0.25, 0.3) is 11.8 Å². The van der Waals surface area contributed by atoms with Crippen molar-refractivity contribution in [2.24, 2.45) is 11.8 Å². The van der Waals surface area contributed by atoms with Gasteiger partial charge in [-0.1, -0.05) is 50.2 Å². The van der Waals surface area contributed by atoms with Gasteiger partial charge in [0.2, 0.25) is 11.2 Å². The summed E-state index contributed by atoms with van der Waals surface area (Å²) in [6.07, 6.45) is 8.28. The van der Waals surface area contributed by atoms with E-state index in [2.05, 4.69) is 10.8 Å². The molecule has 2 spiro atoms. The van der Waals surface area contributed by atoms with Gasteiger partial charge < -0.3 is 24.2 Å². The van der Waals surface area contributed by atoms with E-state index in [1.165, 1.54) is 0 Å². The molecule has 4 aliphatic rings. The lowest BCUT2D eigenvalue weighted by Crippen LogP contribution is -2.42. The molecule has 2 amide bonds. The Balaban J connectivity index is 1.09. The largest absolute Gasteiger partial charge is 0.444 e. The first-order chi connectivity index (χ1) is 20.7. The van der Waals surface area contributed by atoms with Crippen molar-refractivity contribution in [1.29, 1.82) is 0 Å². The van der Waals surface area contributed by atoms with Gasteiger partial charge in [0, 0.05) is 50.0 Å². The molecule has 9 heteroatoms. The minimum atomic E-state index is -1.22. The zero-order valence-electron chi connectivity index (χ0n) is 24.7. The van der Waals surface area contributed by atoms with Gasteiger partial charge in [-0.2, -0.15) is 0 Å². The maximum atomic E-state index is 13.7. The molecule has 43 heavy (non-hydrogen) atoms. The summed E-state index contributed by atoms with van der Waals surface area (Å²) >= 11 is 0. The van der Waals surface area contributed by atoms with Crippen LogP contribution in [0.5, 0.6) is 0 Å². The van der Waals surface area contributed by atoms with Crippen LogP contribution in [0.1, 0.15) is 57.1 Å². The maximum Gasteiger partial charge on any atom is 0.310 e. The maximum absolute atomic E-state index is 13.7. The van der Waals surface area contributed by atoms with Gasteiger partial charge in [-0.25, -0.2) is 0 Å². The van der Waals surface area contributed by atoms with Crippen LogP contribution in [-0.4, -0.2) is 61.4 Å². The third kappa shape index (κ3) is 4.69. The Morgan fingerprint density at radius 2 is 1.21 bits per heavy atom. The molecule has 224 valence electrons. The fraction of sp³-hybridized carbons (Fsp3) is 0.471. The Labute approximate surface area is 252 Å². The number of amides is 2. The molecule has 9 nitrogen and oxygen atoms in total. The number of carbonyl (C=O) groups is 4. The minimum Gasteiger partial charge on any atom is -0.444 e. The van der Waals surface area contributed by atoms with E-state index >= 15 is 0 Å². The fourth-order valence-electron chi connectivity index (χ4n) is 7.14. The molecule has 4 heterocycles. The highest BCUT2D eigenvalue weighted by atomic mass is 16.6. The highest BCUT2D eigenvalue weighted by Crippen LogP contribution is 2.51. The van der Waals surface area contributed by atoms with Crippen molar-refractivity contribution < 1.29 is 28.7 Å². The van der Waals surface area contributed by atoms with Gasteiger partial charge in [0.1, 0.15) is 0 Å². The second kappa shape index (κ2) is 11.2. The number of hydrogen-bond donors (Lipinski definition) is 0. The van der Waals surface area contributed by atoms with Crippen molar-refractivity contribution >= 4 is 35.1 Å². The van der Waals surface area contributed by atoms with E-state index in [0.29, 0.717) is 64.8 Å². The number of rotatable bonds is 10. The monoisotopic (exact) mass is 583 g/mol. The summed E-state index contributed by atoms with van der Waals surface area (Å²) in [4.78, 5) is 57.7. The van der Waals surface area contributed by atoms with Crippen molar-refractivity contribution in [3.05, 3.63) is 59.7 Å². The lowest BCUT2D eigenvalue weighted by molar-refractivity contribution is -0.158. The SMILES string of the molecule is C#CCCN(CCCN1C(=O)C2(CC(C)C(=O)O2)c2ccccc21)CCCN1C(=O)C2(CC(C)C(=O)O2)c2ccccc21. The number of anilines is 2. The Hall–Kier alpha value is -4.16. The molecular formula is C34H37N3O6. The van der Waals surface area contributed by atoms with Crippen molar-refractivity contribution in [3.8, 4) is 12.3 Å². The first-order valence-corrected chi connectivity index (χ1v) is 15.2. The van der Waals surface area contributed by atoms with Gasteiger partial charge >= 0.3 is 11.9 Å². The molecule has 4 atom stereocenters. The van der Waals surface area contributed by atoms with Gasteiger partial charge in [-0.15, -0.1) is 12.3 Å². The van der Waals surface area contributed by atoms with Gasteiger partial charge in [0.05, 0.1) is 23.2 Å². The fourth-order valence-corrected chi connectivity index (χ4v) is 7.14. The molecule has 0 bridgehead atoms. The van der Waals surface area contributed by atoms with Crippen molar-refractivity contribution in [2.45, 2.75) is 57.2 Å². The number of esters is 2. The predicted molar refractivity (Wildman–Crippen MR) is 160 cm³/mol. The average molecular weight is 584 g/mol. The number of ether oxygens (including phenoxy) is 2. The molecule has 0 aliphatic carbocycles. The Morgan fingerprint density at radius 3 is 1.60 bits per heavy atom. The lowest BCUT2D eigenvalue weighted by atomic mass is 9.89. The summed E-state index contributed by atoms with van der Waals surface area (Å²) in [7, 11) is 0. The summed E-state index contributed by atoms with van der Waals surface area (Å²) in [6, 6.07) is 15.1. The van der Waals surface area contributed by atoms with Crippen LogP contribution in [0.4, 0.5) is 11.4 Å². The van der Waals surface area contributed by atoms with E-state index in [9.17, 15) is 19.2 Å². The molecule has 0 radical (unpaired) electrons. The zero-order valence-corrected chi connectivity index (χ0v) is 24.7. The second-order valence-electron chi connectivity index (χ2n) is 12.2. The van der Waals surface area contributed by atoms with Gasteiger partial charge in [0.15, 0.2) is 0 Å². The van der Waals surface area contributed by atoms with Crippen LogP contribution in [0, 0.1) is 24.2 Å². The van der Waals surface area contributed by atoms with E-state index < -0.39 is 11.2 Å². The number of terminal acetylenes is 1. The van der Waals surface area contributed by atoms with Crippen LogP contribution in [0.2, 0.25) is 0 Å². The van der Waals surface area contributed by atoms with Crippen LogP contribution in [0.3, 0.4) is 0 Å². The highest BCUT2D eigenvalue weighted by Gasteiger charge is 2.60. The topological polar surface area (TPSA) is 96.5 Å². The van der Waals surface area contributed by atoms with E-state index in [0.717, 1.165) is 22.5 Å². The molecule has 0 saturated carbocycles. The molecule has 2 aromatic rings. The summed E-state index contributed by atoms with van der Waals surface area (Å²) in [6.45, 7) is 6.69. The van der Waals surface area contributed by atoms with E-state index in [4.69, 9.17) is 15.9 Å². The molecule has 2 aromatic carbocycles. The van der Waals surface area contributed by atoms with Crippen molar-refractivity contribution in [1.82, 2.24) is 4.90 Å². The summed E-state index contributed by atoms with van der Waals surface area (Å²) in [5.74, 6) is 1.03. The van der Waals surface area contributed by atoms with Crippen LogP contribution in [0.25, 0.3) is 0 Å². The third-order valence-corrected chi connectivity index (χ3v) is 9.27. The normalized spacial score (nSPS) is 27.3. The van der Waals surface area contributed by atoms with Crippen LogP contribution in [-0.2, 0) is 39.9 Å². The Morgan fingerprint density at radius 1 is 0.767 bits per heavy atom. The summed E-state index contributed by atoms with van der Waals surface area (Å²) in [5, 5.41) is 0. The zero-order chi connectivity index (χ0) is 30.4. The van der Waals surface area contributed by atoms with Crippen molar-refractivity contribution in [2.75, 3.05) is 42.5 Å². The highest BCUT2D eigenvalue weighted by molar-refractivity contribution is 6.10. The first kappa shape index (κ1) is 28.9. The standard InChI is InChI=1S/C34H37N3O6/c1-4-5-16-35(17-10-19-36-27-14-8-6-12-25(27)33(31(36)40)21-23(2)29(38)42-33)18-11-20-37-28-15-9-7-13-26(28)34(32(37)41)22-24(3)30(39)43-34/h1,6-9,12-15,23-24H,5,10-11,16-22H2,2-3H3. The van der Waals surface area contributed by atoms with Gasteiger partial charge in [-0.3, -0.25) is 19.2 Å². The minimum absolute atomic E-state index is 0.177. The number of fused-ring (bicyclic) bond motifs is 4. The number of para-hydroxylation sites is 2. The molecular weight excluding hydrogens is 546 g/mol. The summed E-state index contributed by atoms with van der Waals surface area (Å²) in [5.41, 5.74) is 0.670. The quantitative estimate of drug-likeness (QED) is 0.311. The van der Waals surface area contributed by atoms with Crippen LogP contribution < -0.4 is 9.80 Å². The Kier molecular flexibility index (Phi) is 7.51.